The van der Waals surface area contributed by atoms with Crippen molar-refractivity contribution >= 4 is 5.96 Å². The topological polar surface area (TPSA) is 65.7 Å². The van der Waals surface area contributed by atoms with Gasteiger partial charge >= 0.3 is 0 Å². The van der Waals surface area contributed by atoms with Crippen LogP contribution in [0.5, 0.6) is 0 Å². The van der Waals surface area contributed by atoms with Crippen LogP contribution in [0.2, 0.25) is 0 Å². The van der Waals surface area contributed by atoms with Gasteiger partial charge in [-0.05, 0) is 44.7 Å². The molecule has 90 valence electrons. The molecule has 1 atom stereocenters. The minimum Gasteiger partial charge on any atom is -0.353 e. The highest BCUT2D eigenvalue weighted by Gasteiger charge is 2.34. The van der Waals surface area contributed by atoms with Crippen LogP contribution in [-0.4, -0.2) is 42.6 Å². The van der Waals surface area contributed by atoms with Crippen LogP contribution >= 0.6 is 0 Å². The van der Waals surface area contributed by atoms with Crippen LogP contribution in [0.15, 0.2) is 4.99 Å². The fraction of sp³-hybridized carbons (Fsp3) is 0.909. The smallest absolute Gasteiger partial charge is 0.206 e. The molecule has 4 aliphatic rings. The maximum atomic E-state index is 5.51. The van der Waals surface area contributed by atoms with Gasteiger partial charge in [-0.3, -0.25) is 5.43 Å². The molecule has 2 bridgehead atoms. The summed E-state index contributed by atoms with van der Waals surface area (Å²) >= 11 is 0. The Labute approximate surface area is 96.4 Å². The Morgan fingerprint density at radius 1 is 1.19 bits per heavy atom. The zero-order valence-corrected chi connectivity index (χ0v) is 9.65. The first kappa shape index (κ1) is 10.4. The highest BCUT2D eigenvalue weighted by atomic mass is 15.3. The van der Waals surface area contributed by atoms with Crippen molar-refractivity contribution in [1.82, 2.24) is 15.6 Å². The summed E-state index contributed by atoms with van der Waals surface area (Å²) in [4.78, 5) is 7.26. The van der Waals surface area contributed by atoms with E-state index in [-0.39, 0.29) is 0 Å². The summed E-state index contributed by atoms with van der Waals surface area (Å²) in [5.74, 6) is 7.07. The molecule has 0 spiro atoms. The lowest BCUT2D eigenvalue weighted by Crippen LogP contribution is -2.52. The van der Waals surface area contributed by atoms with Gasteiger partial charge < -0.3 is 10.2 Å². The Hall–Kier alpha value is -0.810. The van der Waals surface area contributed by atoms with E-state index in [1.54, 1.807) is 0 Å². The molecule has 5 nitrogen and oxygen atoms in total. The zero-order valence-electron chi connectivity index (χ0n) is 9.65. The van der Waals surface area contributed by atoms with Crippen molar-refractivity contribution in [1.29, 1.82) is 0 Å². The molecule has 3 heterocycles. The van der Waals surface area contributed by atoms with Crippen LogP contribution < -0.4 is 16.6 Å². The van der Waals surface area contributed by atoms with Gasteiger partial charge in [0.05, 0.1) is 6.04 Å². The maximum Gasteiger partial charge on any atom is 0.206 e. The van der Waals surface area contributed by atoms with Gasteiger partial charge in [-0.1, -0.05) is 0 Å². The highest BCUT2D eigenvalue weighted by Crippen LogP contribution is 2.29. The Morgan fingerprint density at radius 2 is 1.94 bits per heavy atom. The van der Waals surface area contributed by atoms with E-state index in [4.69, 9.17) is 10.8 Å². The van der Waals surface area contributed by atoms with Crippen molar-refractivity contribution < 1.29 is 0 Å². The predicted octanol–water partition coefficient (Wildman–Crippen LogP) is -0.348. The van der Waals surface area contributed by atoms with Crippen LogP contribution in [0.1, 0.15) is 25.7 Å². The lowest BCUT2D eigenvalue weighted by Gasteiger charge is -2.43. The van der Waals surface area contributed by atoms with Gasteiger partial charge in [-0.15, -0.1) is 0 Å². The third kappa shape index (κ3) is 2.15. The standard InChI is InChI=1S/C11H21N5/c12-15-11(13-9-1-2-9)14-10-7-16-5-3-8(10)4-6-16/h8-10H,1-7,12H2,(H2,13,14,15). The summed E-state index contributed by atoms with van der Waals surface area (Å²) in [7, 11) is 0. The lowest BCUT2D eigenvalue weighted by atomic mass is 9.84. The first-order chi connectivity index (χ1) is 7.85. The monoisotopic (exact) mass is 223 g/mol. The molecule has 0 aromatic heterocycles. The van der Waals surface area contributed by atoms with Gasteiger partial charge in [-0.2, -0.15) is 0 Å². The molecule has 4 rings (SSSR count). The van der Waals surface area contributed by atoms with Crippen LogP contribution in [-0.2, 0) is 0 Å². The third-order valence-corrected chi connectivity index (χ3v) is 3.97. The average molecular weight is 223 g/mol. The van der Waals surface area contributed by atoms with Gasteiger partial charge in [0.25, 0.3) is 0 Å². The van der Waals surface area contributed by atoms with Gasteiger partial charge in [0, 0.05) is 12.6 Å². The fourth-order valence-electron chi connectivity index (χ4n) is 2.78. The number of nitrogens with zero attached hydrogens (tertiary/aromatic N) is 2. The molecule has 1 unspecified atom stereocenters. The summed E-state index contributed by atoms with van der Waals surface area (Å²) in [6.45, 7) is 3.64. The SMILES string of the molecule is NNC(=NC1CN2CCC1CC2)NC1CC1. The molecule has 5 heteroatoms. The second-order valence-electron chi connectivity index (χ2n) is 5.25. The van der Waals surface area contributed by atoms with E-state index in [9.17, 15) is 0 Å². The Bertz CT molecular complexity index is 278. The van der Waals surface area contributed by atoms with E-state index in [1.165, 1.54) is 38.8 Å². The van der Waals surface area contributed by atoms with Crippen molar-refractivity contribution in [3.63, 3.8) is 0 Å². The van der Waals surface area contributed by atoms with Crippen molar-refractivity contribution in [2.75, 3.05) is 19.6 Å². The fourth-order valence-corrected chi connectivity index (χ4v) is 2.78. The number of fused-ring (bicyclic) bond motifs is 3. The summed E-state index contributed by atoms with van der Waals surface area (Å²) in [6.07, 6.45) is 5.10. The van der Waals surface area contributed by atoms with Crippen LogP contribution in [0.4, 0.5) is 0 Å². The first-order valence-electron chi connectivity index (χ1n) is 6.38. The summed E-state index contributed by atoms with van der Waals surface area (Å²) in [6, 6.07) is 1.05. The quantitative estimate of drug-likeness (QED) is 0.259. The number of aliphatic imine (C=N–C) groups is 1. The third-order valence-electron chi connectivity index (χ3n) is 3.97. The Morgan fingerprint density at radius 3 is 2.44 bits per heavy atom. The van der Waals surface area contributed by atoms with E-state index in [0.29, 0.717) is 12.1 Å². The number of hydrazine groups is 1. The van der Waals surface area contributed by atoms with Crippen molar-refractivity contribution in [2.24, 2.45) is 16.8 Å². The van der Waals surface area contributed by atoms with Crippen molar-refractivity contribution in [3.8, 4) is 0 Å². The molecular weight excluding hydrogens is 202 g/mol. The second-order valence-corrected chi connectivity index (χ2v) is 5.25. The number of nitrogens with one attached hydrogen (secondary N) is 2. The summed E-state index contributed by atoms with van der Waals surface area (Å²) in [5.41, 5.74) is 2.70. The molecule has 3 aliphatic heterocycles. The number of piperidine rings is 3. The molecule has 1 saturated carbocycles. The van der Waals surface area contributed by atoms with E-state index < -0.39 is 0 Å². The van der Waals surface area contributed by atoms with Crippen LogP contribution in [0, 0.1) is 5.92 Å². The molecule has 3 saturated heterocycles. The molecule has 16 heavy (non-hydrogen) atoms. The van der Waals surface area contributed by atoms with Crippen molar-refractivity contribution in [3.05, 3.63) is 0 Å². The van der Waals surface area contributed by atoms with Gasteiger partial charge in [0.15, 0.2) is 0 Å². The number of rotatable bonds is 2. The first-order valence-corrected chi connectivity index (χ1v) is 6.38. The van der Waals surface area contributed by atoms with Crippen LogP contribution in [0.3, 0.4) is 0 Å². The lowest BCUT2D eigenvalue weighted by molar-refractivity contribution is 0.0903. The average Bonchev–Trinajstić information content (AvgIpc) is 3.14. The van der Waals surface area contributed by atoms with Gasteiger partial charge in [-0.25, -0.2) is 10.8 Å². The molecular formula is C11H21N5. The number of guanidine groups is 1. The zero-order chi connectivity index (χ0) is 11.0. The second kappa shape index (κ2) is 4.22. The minimum atomic E-state index is 0.444. The Kier molecular flexibility index (Phi) is 2.73. The number of hydrogen-bond donors (Lipinski definition) is 3. The molecule has 1 aliphatic carbocycles. The van der Waals surface area contributed by atoms with E-state index in [2.05, 4.69) is 15.6 Å². The molecule has 4 fully saturated rings. The molecule has 0 aromatic rings. The van der Waals surface area contributed by atoms with E-state index >= 15 is 0 Å². The highest BCUT2D eigenvalue weighted by molar-refractivity contribution is 5.80. The summed E-state index contributed by atoms with van der Waals surface area (Å²) < 4.78 is 0. The molecule has 0 aromatic carbocycles. The largest absolute Gasteiger partial charge is 0.353 e. The van der Waals surface area contributed by atoms with E-state index in [0.717, 1.165) is 18.4 Å². The molecule has 4 N–H and O–H groups in total. The van der Waals surface area contributed by atoms with Crippen LogP contribution in [0.25, 0.3) is 0 Å². The van der Waals surface area contributed by atoms with Gasteiger partial charge in [0.1, 0.15) is 0 Å². The van der Waals surface area contributed by atoms with Crippen molar-refractivity contribution in [2.45, 2.75) is 37.8 Å². The predicted molar refractivity (Wildman–Crippen MR) is 63.9 cm³/mol. The maximum absolute atomic E-state index is 5.51. The molecule has 0 radical (unpaired) electrons. The summed E-state index contributed by atoms with van der Waals surface area (Å²) in [5, 5.41) is 3.34. The van der Waals surface area contributed by atoms with Gasteiger partial charge in [0.2, 0.25) is 5.96 Å². The minimum absolute atomic E-state index is 0.444. The Balaban J connectivity index is 1.64. The molecule has 0 amide bonds. The number of hydrogen-bond acceptors (Lipinski definition) is 3. The van der Waals surface area contributed by atoms with E-state index in [1.807, 2.05) is 0 Å². The normalized spacial score (nSPS) is 38.6. The number of nitrogens with two attached hydrogens (primary N) is 1.